The van der Waals surface area contributed by atoms with E-state index in [1.807, 2.05) is 6.07 Å². The van der Waals surface area contributed by atoms with Crippen molar-refractivity contribution in [3.8, 4) is 23.1 Å². The Kier molecular flexibility index (Phi) is 5.16. The van der Waals surface area contributed by atoms with E-state index in [2.05, 4.69) is 16.0 Å². The van der Waals surface area contributed by atoms with Gasteiger partial charge in [-0.15, -0.1) is 0 Å². The first-order valence-electron chi connectivity index (χ1n) is 7.93. The lowest BCUT2D eigenvalue weighted by Gasteiger charge is -2.07. The highest BCUT2D eigenvalue weighted by Crippen LogP contribution is 2.25. The van der Waals surface area contributed by atoms with E-state index in [1.165, 1.54) is 19.2 Å². The van der Waals surface area contributed by atoms with Gasteiger partial charge in [0.25, 0.3) is 0 Å². The lowest BCUT2D eigenvalue weighted by Crippen LogP contribution is -2.11. The molecule has 1 heterocycles. The van der Waals surface area contributed by atoms with Crippen molar-refractivity contribution in [2.24, 2.45) is 5.14 Å². The van der Waals surface area contributed by atoms with E-state index in [1.54, 1.807) is 36.5 Å². The van der Waals surface area contributed by atoms with Crippen LogP contribution in [-0.4, -0.2) is 25.5 Å². The van der Waals surface area contributed by atoms with Crippen molar-refractivity contribution in [2.45, 2.75) is 11.3 Å². The molecular weight excluding hydrogens is 364 g/mol. The van der Waals surface area contributed by atoms with Crippen molar-refractivity contribution < 1.29 is 13.2 Å². The standard InChI is InChI=1S/C19H16N4O3S/c1-26-18-7-4-14(11-15(18)12-20)17-8-9-22-19(23-17)10-13-2-5-16(6-3-13)27(21,24)25/h2-9,11H,10H2,1H3,(H2,21,24,25). The first-order chi connectivity index (χ1) is 12.9. The zero-order valence-electron chi connectivity index (χ0n) is 14.5. The normalized spacial score (nSPS) is 11.0. The fraction of sp³-hybridized carbons (Fsp3) is 0.105. The number of nitriles is 1. The molecular formula is C19H16N4O3S. The smallest absolute Gasteiger partial charge is 0.238 e. The first kappa shape index (κ1) is 18.5. The minimum atomic E-state index is -3.72. The van der Waals surface area contributed by atoms with E-state index in [0.29, 0.717) is 29.3 Å². The lowest BCUT2D eigenvalue weighted by molar-refractivity contribution is 0.413. The molecule has 1 aromatic heterocycles. The van der Waals surface area contributed by atoms with E-state index in [9.17, 15) is 13.7 Å². The molecule has 136 valence electrons. The number of nitrogens with zero attached hydrogens (tertiary/aromatic N) is 3. The van der Waals surface area contributed by atoms with Crippen LogP contribution in [0.25, 0.3) is 11.3 Å². The van der Waals surface area contributed by atoms with Crippen LogP contribution in [0.1, 0.15) is 17.0 Å². The molecule has 0 atom stereocenters. The Morgan fingerprint density at radius 1 is 1.15 bits per heavy atom. The summed E-state index contributed by atoms with van der Waals surface area (Å²) in [5.74, 6) is 1.08. The van der Waals surface area contributed by atoms with Crippen molar-refractivity contribution in [1.82, 2.24) is 9.97 Å². The van der Waals surface area contributed by atoms with E-state index in [4.69, 9.17) is 9.88 Å². The second kappa shape index (κ2) is 7.53. The van der Waals surface area contributed by atoms with Crippen molar-refractivity contribution in [3.63, 3.8) is 0 Å². The van der Waals surface area contributed by atoms with Crippen LogP contribution in [0.4, 0.5) is 0 Å². The van der Waals surface area contributed by atoms with E-state index in [-0.39, 0.29) is 4.90 Å². The van der Waals surface area contributed by atoms with Gasteiger partial charge in [0.05, 0.1) is 23.3 Å². The van der Waals surface area contributed by atoms with E-state index >= 15 is 0 Å². The quantitative estimate of drug-likeness (QED) is 0.725. The Balaban J connectivity index is 1.87. The van der Waals surface area contributed by atoms with Crippen LogP contribution in [0, 0.1) is 11.3 Å². The molecule has 0 saturated carbocycles. The molecule has 27 heavy (non-hydrogen) atoms. The summed E-state index contributed by atoms with van der Waals surface area (Å²) in [6, 6.07) is 15.4. The number of ether oxygens (including phenoxy) is 1. The van der Waals surface area contributed by atoms with Crippen LogP contribution in [0.15, 0.2) is 59.6 Å². The van der Waals surface area contributed by atoms with Crippen molar-refractivity contribution in [1.29, 1.82) is 5.26 Å². The maximum absolute atomic E-state index is 11.3. The molecule has 0 fully saturated rings. The SMILES string of the molecule is COc1ccc(-c2ccnc(Cc3ccc(S(N)(=O)=O)cc3)n2)cc1C#N. The van der Waals surface area contributed by atoms with Crippen LogP contribution in [-0.2, 0) is 16.4 Å². The fourth-order valence-electron chi connectivity index (χ4n) is 2.58. The predicted molar refractivity (Wildman–Crippen MR) is 99.4 cm³/mol. The van der Waals surface area contributed by atoms with Gasteiger partial charge in [-0.2, -0.15) is 5.26 Å². The number of benzene rings is 2. The number of methoxy groups -OCH3 is 1. The molecule has 0 aliphatic heterocycles. The van der Waals surface area contributed by atoms with Crippen molar-refractivity contribution >= 4 is 10.0 Å². The van der Waals surface area contributed by atoms with Gasteiger partial charge in [0, 0.05) is 18.2 Å². The Morgan fingerprint density at radius 2 is 1.89 bits per heavy atom. The minimum absolute atomic E-state index is 0.0585. The molecule has 0 unspecified atom stereocenters. The number of rotatable bonds is 5. The topological polar surface area (TPSA) is 119 Å². The van der Waals surface area contributed by atoms with Gasteiger partial charge >= 0.3 is 0 Å². The number of sulfonamides is 1. The molecule has 0 spiro atoms. The summed E-state index contributed by atoms with van der Waals surface area (Å²) in [5.41, 5.74) is 2.74. The predicted octanol–water partition coefficient (Wildman–Crippen LogP) is 2.26. The number of primary sulfonamides is 1. The molecule has 7 nitrogen and oxygen atoms in total. The van der Waals surface area contributed by atoms with Crippen LogP contribution < -0.4 is 9.88 Å². The molecule has 0 aliphatic rings. The molecule has 3 rings (SSSR count). The summed E-state index contributed by atoms with van der Waals surface area (Å²) in [6.07, 6.45) is 2.08. The molecule has 0 aliphatic carbocycles. The van der Waals surface area contributed by atoms with Gasteiger partial charge < -0.3 is 4.74 Å². The molecule has 8 heteroatoms. The second-order valence-electron chi connectivity index (χ2n) is 5.75. The maximum Gasteiger partial charge on any atom is 0.238 e. The molecule has 0 amide bonds. The Labute approximate surface area is 157 Å². The van der Waals surface area contributed by atoms with Gasteiger partial charge in [0.2, 0.25) is 10.0 Å². The summed E-state index contributed by atoms with van der Waals surface area (Å²) >= 11 is 0. The monoisotopic (exact) mass is 380 g/mol. The summed E-state index contributed by atoms with van der Waals surface area (Å²) < 4.78 is 27.8. The summed E-state index contributed by atoms with van der Waals surface area (Å²) in [7, 11) is -2.20. The Morgan fingerprint density at radius 3 is 2.52 bits per heavy atom. The average Bonchev–Trinajstić information content (AvgIpc) is 2.67. The molecule has 3 aromatic rings. The Bertz CT molecular complexity index is 1120. The number of aromatic nitrogens is 2. The largest absolute Gasteiger partial charge is 0.495 e. The number of hydrogen-bond acceptors (Lipinski definition) is 6. The van der Waals surface area contributed by atoms with E-state index < -0.39 is 10.0 Å². The number of hydrogen-bond donors (Lipinski definition) is 1. The summed E-state index contributed by atoms with van der Waals surface area (Å²) in [6.45, 7) is 0. The molecule has 2 aromatic carbocycles. The highest BCUT2D eigenvalue weighted by Gasteiger charge is 2.10. The second-order valence-corrected chi connectivity index (χ2v) is 7.31. The van der Waals surface area contributed by atoms with Gasteiger partial charge in [-0.1, -0.05) is 12.1 Å². The van der Waals surface area contributed by atoms with Gasteiger partial charge in [-0.3, -0.25) is 0 Å². The third kappa shape index (κ3) is 4.28. The average molecular weight is 380 g/mol. The molecule has 2 N–H and O–H groups in total. The Hall–Kier alpha value is -3.28. The van der Waals surface area contributed by atoms with Gasteiger partial charge in [0.1, 0.15) is 17.6 Å². The van der Waals surface area contributed by atoms with Crippen molar-refractivity contribution in [3.05, 3.63) is 71.7 Å². The fourth-order valence-corrected chi connectivity index (χ4v) is 3.09. The zero-order valence-corrected chi connectivity index (χ0v) is 15.3. The van der Waals surface area contributed by atoms with Gasteiger partial charge in [-0.05, 0) is 42.0 Å². The van der Waals surface area contributed by atoms with E-state index in [0.717, 1.165) is 11.1 Å². The van der Waals surface area contributed by atoms with Crippen LogP contribution >= 0.6 is 0 Å². The summed E-state index contributed by atoms with van der Waals surface area (Å²) in [5, 5.41) is 14.3. The molecule has 0 saturated heterocycles. The minimum Gasteiger partial charge on any atom is -0.495 e. The van der Waals surface area contributed by atoms with Crippen LogP contribution in [0.3, 0.4) is 0 Å². The number of nitrogens with two attached hydrogens (primary N) is 1. The zero-order chi connectivity index (χ0) is 19.4. The van der Waals surface area contributed by atoms with Gasteiger partial charge in [0.15, 0.2) is 0 Å². The highest BCUT2D eigenvalue weighted by atomic mass is 32.2. The van der Waals surface area contributed by atoms with Crippen molar-refractivity contribution in [2.75, 3.05) is 7.11 Å². The maximum atomic E-state index is 11.3. The van der Waals surface area contributed by atoms with Gasteiger partial charge in [-0.25, -0.2) is 23.5 Å². The lowest BCUT2D eigenvalue weighted by atomic mass is 10.1. The third-order valence-corrected chi connectivity index (χ3v) is 4.86. The van der Waals surface area contributed by atoms with Crippen LogP contribution in [0.2, 0.25) is 0 Å². The highest BCUT2D eigenvalue weighted by molar-refractivity contribution is 7.89. The molecule has 0 radical (unpaired) electrons. The van der Waals surface area contributed by atoms with Crippen LogP contribution in [0.5, 0.6) is 5.75 Å². The molecule has 0 bridgehead atoms. The first-order valence-corrected chi connectivity index (χ1v) is 9.47. The summed E-state index contributed by atoms with van der Waals surface area (Å²) in [4.78, 5) is 8.86. The third-order valence-electron chi connectivity index (χ3n) is 3.94.